The quantitative estimate of drug-likeness (QED) is 0.687. The van der Waals surface area contributed by atoms with Crippen LogP contribution in [0.2, 0.25) is 0 Å². The van der Waals surface area contributed by atoms with E-state index in [2.05, 4.69) is 5.32 Å². The zero-order chi connectivity index (χ0) is 17.5. The Morgan fingerprint density at radius 2 is 1.75 bits per heavy atom. The zero-order valence-electron chi connectivity index (χ0n) is 13.4. The van der Waals surface area contributed by atoms with E-state index >= 15 is 0 Å². The van der Waals surface area contributed by atoms with Crippen LogP contribution in [0, 0.1) is 0 Å². The molecule has 0 aliphatic carbocycles. The smallest absolute Gasteiger partial charge is 0.305 e. The van der Waals surface area contributed by atoms with Crippen LogP contribution in [0.3, 0.4) is 0 Å². The molecule has 2 rings (SSSR count). The highest BCUT2D eigenvalue weighted by Gasteiger charge is 2.29. The van der Waals surface area contributed by atoms with Gasteiger partial charge in [0.2, 0.25) is 11.8 Å². The first-order chi connectivity index (χ1) is 11.5. The third-order valence-corrected chi connectivity index (χ3v) is 4.01. The number of rotatable bonds is 7. The average Bonchev–Trinajstić information content (AvgIpc) is 3.07. The Labute approximate surface area is 140 Å². The Morgan fingerprint density at radius 1 is 1.12 bits per heavy atom. The van der Waals surface area contributed by atoms with Crippen molar-refractivity contribution in [1.29, 1.82) is 0 Å². The molecule has 1 aliphatic heterocycles. The van der Waals surface area contributed by atoms with Crippen molar-refractivity contribution in [1.82, 2.24) is 10.2 Å². The van der Waals surface area contributed by atoms with E-state index in [0.717, 1.165) is 18.4 Å². The second-order valence-corrected chi connectivity index (χ2v) is 5.92. The van der Waals surface area contributed by atoms with Crippen LogP contribution in [0.15, 0.2) is 24.3 Å². The van der Waals surface area contributed by atoms with E-state index in [-0.39, 0.29) is 24.0 Å². The molecule has 0 unspecified atom stereocenters. The first-order valence-corrected chi connectivity index (χ1v) is 8.03. The fraction of sp³-hybridized carbons (Fsp3) is 0.471. The van der Waals surface area contributed by atoms with Crippen molar-refractivity contribution in [3.05, 3.63) is 29.8 Å². The number of phenolic OH excluding ortho intramolecular Hbond substituents is 1. The lowest BCUT2D eigenvalue weighted by Crippen LogP contribution is -2.48. The molecule has 3 N–H and O–H groups in total. The molecule has 130 valence electrons. The van der Waals surface area contributed by atoms with Gasteiger partial charge in [-0.25, -0.2) is 0 Å². The number of benzene rings is 1. The van der Waals surface area contributed by atoms with Crippen molar-refractivity contribution < 1.29 is 24.6 Å². The van der Waals surface area contributed by atoms with Crippen LogP contribution in [0.25, 0.3) is 0 Å². The normalized spacial score (nSPS) is 15.1. The summed E-state index contributed by atoms with van der Waals surface area (Å²) < 4.78 is 0. The number of hydrogen-bond donors (Lipinski definition) is 3. The fourth-order valence-electron chi connectivity index (χ4n) is 2.72. The summed E-state index contributed by atoms with van der Waals surface area (Å²) >= 11 is 0. The van der Waals surface area contributed by atoms with Gasteiger partial charge in [-0.3, -0.25) is 14.4 Å². The first-order valence-electron chi connectivity index (χ1n) is 8.03. The summed E-state index contributed by atoms with van der Waals surface area (Å²) in [6.45, 7) is 1.22. The molecular weight excluding hydrogens is 312 g/mol. The first kappa shape index (κ1) is 17.8. The number of amides is 2. The number of hydrogen-bond acceptors (Lipinski definition) is 4. The molecule has 1 saturated heterocycles. The molecular formula is C17H22N2O5. The summed E-state index contributed by atoms with van der Waals surface area (Å²) in [7, 11) is 0. The Hall–Kier alpha value is -2.57. The van der Waals surface area contributed by atoms with Gasteiger partial charge in [0.15, 0.2) is 0 Å². The molecule has 0 aromatic heterocycles. The van der Waals surface area contributed by atoms with Crippen LogP contribution >= 0.6 is 0 Å². The van der Waals surface area contributed by atoms with Gasteiger partial charge in [0, 0.05) is 19.5 Å². The van der Waals surface area contributed by atoms with E-state index < -0.39 is 18.4 Å². The van der Waals surface area contributed by atoms with Gasteiger partial charge in [-0.05, 0) is 37.0 Å². The number of carboxylic acids is 1. The van der Waals surface area contributed by atoms with E-state index in [1.54, 1.807) is 17.0 Å². The molecule has 1 atom stereocenters. The maximum atomic E-state index is 12.3. The maximum Gasteiger partial charge on any atom is 0.305 e. The second kappa shape index (κ2) is 8.33. The Morgan fingerprint density at radius 3 is 2.33 bits per heavy atom. The van der Waals surface area contributed by atoms with Crippen molar-refractivity contribution in [3.8, 4) is 5.75 Å². The summed E-state index contributed by atoms with van der Waals surface area (Å²) in [6, 6.07) is 5.49. The lowest BCUT2D eigenvalue weighted by Gasteiger charge is -2.23. The molecule has 0 bridgehead atoms. The molecule has 24 heavy (non-hydrogen) atoms. The minimum absolute atomic E-state index is 0.147. The van der Waals surface area contributed by atoms with E-state index in [1.165, 1.54) is 12.1 Å². The monoisotopic (exact) mass is 334 g/mol. The van der Waals surface area contributed by atoms with Crippen LogP contribution in [0.1, 0.15) is 31.2 Å². The number of carboxylic acid groups (broad SMARTS) is 1. The largest absolute Gasteiger partial charge is 0.508 e. The Balaban J connectivity index is 1.89. The number of carbonyl (C=O) groups excluding carboxylic acids is 2. The molecule has 1 fully saturated rings. The van der Waals surface area contributed by atoms with Gasteiger partial charge < -0.3 is 20.4 Å². The van der Waals surface area contributed by atoms with Gasteiger partial charge in [-0.2, -0.15) is 0 Å². The third-order valence-electron chi connectivity index (χ3n) is 4.01. The van der Waals surface area contributed by atoms with E-state index in [0.29, 0.717) is 19.5 Å². The summed E-state index contributed by atoms with van der Waals surface area (Å²) in [5, 5.41) is 20.7. The molecule has 0 saturated carbocycles. The molecule has 1 aliphatic rings. The summed E-state index contributed by atoms with van der Waals surface area (Å²) in [5.41, 5.74) is 0.878. The van der Waals surface area contributed by atoms with Crippen LogP contribution in [0.5, 0.6) is 5.75 Å². The number of aromatic hydroxyl groups is 1. The van der Waals surface area contributed by atoms with Crippen molar-refractivity contribution in [2.24, 2.45) is 0 Å². The van der Waals surface area contributed by atoms with Crippen LogP contribution in [-0.4, -0.2) is 52.0 Å². The topological polar surface area (TPSA) is 107 Å². The molecule has 0 spiro atoms. The second-order valence-electron chi connectivity index (χ2n) is 5.92. The minimum atomic E-state index is -1.12. The predicted octanol–water partition coefficient (Wildman–Crippen LogP) is 0.907. The van der Waals surface area contributed by atoms with Crippen molar-refractivity contribution in [2.45, 2.75) is 38.1 Å². The lowest BCUT2D eigenvalue weighted by molar-refractivity contribution is -0.143. The number of aliphatic carboxylic acids is 1. The molecule has 1 aromatic rings. The Kier molecular flexibility index (Phi) is 6.17. The molecule has 7 heteroatoms. The zero-order valence-corrected chi connectivity index (χ0v) is 13.4. The van der Waals surface area contributed by atoms with Gasteiger partial charge in [0.25, 0.3) is 0 Å². The van der Waals surface area contributed by atoms with E-state index in [1.807, 2.05) is 0 Å². The van der Waals surface area contributed by atoms with Crippen molar-refractivity contribution in [3.63, 3.8) is 0 Å². The number of aryl methyl sites for hydroxylation is 1. The number of nitrogens with zero attached hydrogens (tertiary/aromatic N) is 1. The SMILES string of the molecule is O=C(O)C[C@H](NC(=O)CCc1ccc(O)cc1)C(=O)N1CCCC1. The Bertz CT molecular complexity index is 594. The molecule has 1 heterocycles. The van der Waals surface area contributed by atoms with Crippen LogP contribution in [0.4, 0.5) is 0 Å². The van der Waals surface area contributed by atoms with Gasteiger partial charge in [-0.15, -0.1) is 0 Å². The number of likely N-dealkylation sites (tertiary alicyclic amines) is 1. The van der Waals surface area contributed by atoms with Gasteiger partial charge in [0.1, 0.15) is 11.8 Å². The molecule has 0 radical (unpaired) electrons. The molecule has 7 nitrogen and oxygen atoms in total. The van der Waals surface area contributed by atoms with Gasteiger partial charge >= 0.3 is 5.97 Å². The highest BCUT2D eigenvalue weighted by atomic mass is 16.4. The number of phenols is 1. The standard InChI is InChI=1S/C17H22N2O5/c20-13-6-3-12(4-7-13)5-8-15(21)18-14(11-16(22)23)17(24)19-9-1-2-10-19/h3-4,6-7,14,20H,1-2,5,8-11H2,(H,18,21)(H,22,23)/t14-/m0/s1. The number of carbonyl (C=O) groups is 3. The van der Waals surface area contributed by atoms with E-state index in [4.69, 9.17) is 5.11 Å². The van der Waals surface area contributed by atoms with Gasteiger partial charge in [-0.1, -0.05) is 12.1 Å². The summed E-state index contributed by atoms with van der Waals surface area (Å²) in [4.78, 5) is 37.0. The fourth-order valence-corrected chi connectivity index (χ4v) is 2.72. The highest BCUT2D eigenvalue weighted by molar-refractivity contribution is 5.90. The summed E-state index contributed by atoms with van der Waals surface area (Å²) in [6.07, 6.45) is 1.99. The predicted molar refractivity (Wildman–Crippen MR) is 86.4 cm³/mol. The summed E-state index contributed by atoms with van der Waals surface area (Å²) in [5.74, 6) is -1.65. The van der Waals surface area contributed by atoms with E-state index in [9.17, 15) is 19.5 Å². The average molecular weight is 334 g/mol. The van der Waals surface area contributed by atoms with Crippen molar-refractivity contribution >= 4 is 17.8 Å². The third kappa shape index (κ3) is 5.26. The minimum Gasteiger partial charge on any atom is -0.508 e. The number of nitrogens with one attached hydrogen (secondary N) is 1. The molecule has 1 aromatic carbocycles. The lowest BCUT2D eigenvalue weighted by atomic mass is 10.1. The van der Waals surface area contributed by atoms with Crippen LogP contribution in [-0.2, 0) is 20.8 Å². The van der Waals surface area contributed by atoms with Crippen LogP contribution < -0.4 is 5.32 Å². The van der Waals surface area contributed by atoms with Gasteiger partial charge in [0.05, 0.1) is 6.42 Å². The molecule has 2 amide bonds. The van der Waals surface area contributed by atoms with Crippen molar-refractivity contribution in [2.75, 3.05) is 13.1 Å². The maximum absolute atomic E-state index is 12.3. The highest BCUT2D eigenvalue weighted by Crippen LogP contribution is 2.12.